The summed E-state index contributed by atoms with van der Waals surface area (Å²) in [6.45, 7) is 8.00. The molecule has 1 aromatic rings. The number of aryl methyl sites for hydroxylation is 1. The van der Waals surface area contributed by atoms with Gasteiger partial charge in [-0.3, -0.25) is 0 Å². The van der Waals surface area contributed by atoms with Crippen molar-refractivity contribution in [3.05, 3.63) is 23.4 Å². The highest BCUT2D eigenvalue weighted by molar-refractivity contribution is 5.87. The molecule has 0 aromatic carbocycles. The van der Waals surface area contributed by atoms with E-state index in [9.17, 15) is 4.79 Å². The van der Waals surface area contributed by atoms with Gasteiger partial charge in [0.05, 0.1) is 5.56 Å². The summed E-state index contributed by atoms with van der Waals surface area (Å²) >= 11 is 0. The van der Waals surface area contributed by atoms with Gasteiger partial charge in [-0.2, -0.15) is 0 Å². The summed E-state index contributed by atoms with van der Waals surface area (Å²) in [7, 11) is 0. The Morgan fingerprint density at radius 1 is 1.47 bits per heavy atom. The van der Waals surface area contributed by atoms with Crippen LogP contribution in [-0.4, -0.2) is 29.1 Å². The molecule has 4 heteroatoms. The molecule has 0 saturated carbocycles. The molecule has 1 N–H and O–H groups in total. The van der Waals surface area contributed by atoms with Crippen molar-refractivity contribution < 1.29 is 9.90 Å². The number of pyridine rings is 1. The maximum Gasteiger partial charge on any atom is 0.337 e. The summed E-state index contributed by atoms with van der Waals surface area (Å²) in [6.07, 6.45) is 3.69. The predicted octanol–water partition coefficient (Wildman–Crippen LogP) is 2.71. The van der Waals surface area contributed by atoms with Crippen LogP contribution in [0.15, 0.2) is 12.3 Å². The molecule has 94 valence electrons. The van der Waals surface area contributed by atoms with E-state index in [2.05, 4.69) is 23.7 Å². The van der Waals surface area contributed by atoms with Crippen LogP contribution in [0.3, 0.4) is 0 Å². The zero-order chi connectivity index (χ0) is 12.8. The van der Waals surface area contributed by atoms with Crippen LogP contribution in [0.25, 0.3) is 0 Å². The number of nitrogens with zero attached hydrogens (tertiary/aromatic N) is 2. The van der Waals surface area contributed by atoms with Crippen molar-refractivity contribution in [2.45, 2.75) is 33.6 Å². The standard InChI is InChI=1S/C13H20N2O2/c1-4-6-7-15(5-2)12-10(3)8-11(9-14-12)13(16)17/h8-9H,4-7H2,1-3H3,(H,16,17). The molecule has 0 radical (unpaired) electrons. The Morgan fingerprint density at radius 3 is 2.65 bits per heavy atom. The van der Waals surface area contributed by atoms with Crippen molar-refractivity contribution in [2.75, 3.05) is 18.0 Å². The van der Waals surface area contributed by atoms with Crippen LogP contribution in [0.2, 0.25) is 0 Å². The molecule has 4 nitrogen and oxygen atoms in total. The van der Waals surface area contributed by atoms with E-state index in [1.165, 1.54) is 6.20 Å². The molecule has 0 saturated heterocycles. The molecule has 0 spiro atoms. The molecule has 0 fully saturated rings. The van der Waals surface area contributed by atoms with Crippen molar-refractivity contribution in [1.82, 2.24) is 4.98 Å². The van der Waals surface area contributed by atoms with Gasteiger partial charge in [0.1, 0.15) is 5.82 Å². The lowest BCUT2D eigenvalue weighted by Crippen LogP contribution is -2.25. The minimum absolute atomic E-state index is 0.248. The summed E-state index contributed by atoms with van der Waals surface area (Å²) in [5.74, 6) is -0.0327. The number of rotatable bonds is 6. The van der Waals surface area contributed by atoms with Gasteiger partial charge < -0.3 is 10.0 Å². The van der Waals surface area contributed by atoms with E-state index < -0.39 is 5.97 Å². The number of carboxylic acids is 1. The number of carboxylic acid groups (broad SMARTS) is 1. The van der Waals surface area contributed by atoms with Crippen LogP contribution in [-0.2, 0) is 0 Å². The van der Waals surface area contributed by atoms with E-state index in [-0.39, 0.29) is 5.56 Å². The average molecular weight is 236 g/mol. The van der Waals surface area contributed by atoms with Gasteiger partial charge in [-0.15, -0.1) is 0 Å². The highest BCUT2D eigenvalue weighted by atomic mass is 16.4. The molecular weight excluding hydrogens is 216 g/mol. The molecule has 1 aromatic heterocycles. The Balaban J connectivity index is 2.92. The monoisotopic (exact) mass is 236 g/mol. The van der Waals surface area contributed by atoms with Crippen LogP contribution < -0.4 is 4.90 Å². The number of hydrogen-bond acceptors (Lipinski definition) is 3. The SMILES string of the molecule is CCCCN(CC)c1ncc(C(=O)O)cc1C. The first-order valence-electron chi connectivity index (χ1n) is 6.05. The number of aromatic carboxylic acids is 1. The van der Waals surface area contributed by atoms with E-state index >= 15 is 0 Å². The zero-order valence-corrected chi connectivity index (χ0v) is 10.7. The third-order valence-electron chi connectivity index (χ3n) is 2.76. The number of anilines is 1. The van der Waals surface area contributed by atoms with Gasteiger partial charge in [0, 0.05) is 19.3 Å². The minimum Gasteiger partial charge on any atom is -0.478 e. The van der Waals surface area contributed by atoms with E-state index in [1.54, 1.807) is 6.07 Å². The first-order valence-corrected chi connectivity index (χ1v) is 6.05. The molecule has 17 heavy (non-hydrogen) atoms. The summed E-state index contributed by atoms with van der Waals surface area (Å²) in [6, 6.07) is 1.68. The highest BCUT2D eigenvalue weighted by Gasteiger charge is 2.11. The first kappa shape index (κ1) is 13.5. The van der Waals surface area contributed by atoms with Crippen LogP contribution in [0.1, 0.15) is 42.6 Å². The summed E-state index contributed by atoms with van der Waals surface area (Å²) < 4.78 is 0. The quantitative estimate of drug-likeness (QED) is 0.825. The second-order valence-electron chi connectivity index (χ2n) is 4.10. The fraction of sp³-hybridized carbons (Fsp3) is 0.538. The molecule has 0 aliphatic carbocycles. The summed E-state index contributed by atoms with van der Waals surface area (Å²) in [5, 5.41) is 8.88. The Bertz CT molecular complexity index is 391. The fourth-order valence-electron chi connectivity index (χ4n) is 1.78. The van der Waals surface area contributed by atoms with Crippen molar-refractivity contribution in [3.8, 4) is 0 Å². The van der Waals surface area contributed by atoms with Gasteiger partial charge in [-0.1, -0.05) is 13.3 Å². The van der Waals surface area contributed by atoms with Crippen LogP contribution >= 0.6 is 0 Å². The maximum absolute atomic E-state index is 10.8. The Morgan fingerprint density at radius 2 is 2.18 bits per heavy atom. The van der Waals surface area contributed by atoms with Crippen molar-refractivity contribution >= 4 is 11.8 Å². The molecule has 0 aliphatic rings. The number of carbonyl (C=O) groups is 1. The number of unbranched alkanes of at least 4 members (excludes halogenated alkanes) is 1. The number of hydrogen-bond donors (Lipinski definition) is 1. The highest BCUT2D eigenvalue weighted by Crippen LogP contribution is 2.18. The Hall–Kier alpha value is -1.58. The van der Waals surface area contributed by atoms with Gasteiger partial charge in [-0.05, 0) is 31.9 Å². The number of aromatic nitrogens is 1. The average Bonchev–Trinajstić information content (AvgIpc) is 2.31. The lowest BCUT2D eigenvalue weighted by atomic mass is 10.2. The third-order valence-corrected chi connectivity index (χ3v) is 2.76. The van der Waals surface area contributed by atoms with Gasteiger partial charge in [0.15, 0.2) is 0 Å². The lowest BCUT2D eigenvalue weighted by Gasteiger charge is -2.23. The normalized spacial score (nSPS) is 10.3. The van der Waals surface area contributed by atoms with Crippen molar-refractivity contribution in [2.24, 2.45) is 0 Å². The topological polar surface area (TPSA) is 53.4 Å². The summed E-state index contributed by atoms with van der Waals surface area (Å²) in [4.78, 5) is 17.3. The lowest BCUT2D eigenvalue weighted by molar-refractivity contribution is 0.0696. The molecule has 0 amide bonds. The smallest absolute Gasteiger partial charge is 0.337 e. The van der Waals surface area contributed by atoms with Crippen molar-refractivity contribution in [3.63, 3.8) is 0 Å². The minimum atomic E-state index is -0.927. The maximum atomic E-state index is 10.8. The van der Waals surface area contributed by atoms with Gasteiger partial charge >= 0.3 is 5.97 Å². The molecule has 1 heterocycles. The Labute approximate surface area is 102 Å². The molecule has 1 rings (SSSR count). The van der Waals surface area contributed by atoms with Gasteiger partial charge in [-0.25, -0.2) is 9.78 Å². The molecule has 0 bridgehead atoms. The van der Waals surface area contributed by atoms with Crippen molar-refractivity contribution in [1.29, 1.82) is 0 Å². The molecular formula is C13H20N2O2. The molecule has 0 aliphatic heterocycles. The van der Waals surface area contributed by atoms with Crippen LogP contribution in [0, 0.1) is 6.92 Å². The van der Waals surface area contributed by atoms with Gasteiger partial charge in [0.25, 0.3) is 0 Å². The van der Waals surface area contributed by atoms with E-state index in [4.69, 9.17) is 5.11 Å². The Kier molecular flexibility index (Phi) is 4.94. The van der Waals surface area contributed by atoms with E-state index in [0.29, 0.717) is 0 Å². The largest absolute Gasteiger partial charge is 0.478 e. The predicted molar refractivity (Wildman–Crippen MR) is 68.7 cm³/mol. The van der Waals surface area contributed by atoms with E-state index in [1.807, 2.05) is 6.92 Å². The molecule has 0 atom stereocenters. The molecule has 0 unspecified atom stereocenters. The van der Waals surface area contributed by atoms with Crippen LogP contribution in [0.5, 0.6) is 0 Å². The third kappa shape index (κ3) is 3.44. The van der Waals surface area contributed by atoms with Crippen LogP contribution in [0.4, 0.5) is 5.82 Å². The summed E-state index contributed by atoms with van der Waals surface area (Å²) in [5.41, 5.74) is 1.17. The first-order chi connectivity index (χ1) is 8.10. The fourth-order valence-corrected chi connectivity index (χ4v) is 1.78. The van der Waals surface area contributed by atoms with Gasteiger partial charge in [0.2, 0.25) is 0 Å². The second kappa shape index (κ2) is 6.23. The second-order valence-corrected chi connectivity index (χ2v) is 4.10. The zero-order valence-electron chi connectivity index (χ0n) is 10.7. The van der Waals surface area contributed by atoms with E-state index in [0.717, 1.165) is 37.3 Å².